The molecule has 0 saturated heterocycles. The number of aromatic nitrogens is 1. The zero-order valence-corrected chi connectivity index (χ0v) is 13.8. The third kappa shape index (κ3) is 2.72. The molecule has 24 heavy (non-hydrogen) atoms. The van der Waals surface area contributed by atoms with Gasteiger partial charge in [0.2, 0.25) is 0 Å². The summed E-state index contributed by atoms with van der Waals surface area (Å²) in [5, 5.41) is 2.07. The molecule has 3 rings (SSSR count). The van der Waals surface area contributed by atoms with E-state index >= 15 is 0 Å². The van der Waals surface area contributed by atoms with Crippen LogP contribution in [0.15, 0.2) is 48.7 Å². The highest BCUT2D eigenvalue weighted by Crippen LogP contribution is 2.36. The van der Waals surface area contributed by atoms with E-state index in [1.807, 2.05) is 0 Å². The Morgan fingerprint density at radius 2 is 2.00 bits per heavy atom. The quantitative estimate of drug-likeness (QED) is 0.664. The third-order valence-electron chi connectivity index (χ3n) is 3.78. The van der Waals surface area contributed by atoms with Crippen molar-refractivity contribution in [3.63, 3.8) is 0 Å². The van der Waals surface area contributed by atoms with E-state index in [1.54, 1.807) is 36.5 Å². The topological polar surface area (TPSA) is 42.4 Å². The summed E-state index contributed by atoms with van der Waals surface area (Å²) in [6.45, 7) is 0. The largest absolute Gasteiger partial charge is 0.277 e. The lowest BCUT2D eigenvalue weighted by Crippen LogP contribution is -2.26. The standard InChI is InChI=1S/C18H14ClFN2O2/c1-22(24-2)18(23)13-10-14(19)11-7-5-9-21-17(11)16(13)12-6-3-4-8-15(12)20/h3-10H,1-2H3. The summed E-state index contributed by atoms with van der Waals surface area (Å²) in [6.07, 6.45) is 1.58. The minimum absolute atomic E-state index is 0.223. The van der Waals surface area contributed by atoms with E-state index in [2.05, 4.69) is 4.98 Å². The number of carbonyl (C=O) groups is 1. The van der Waals surface area contributed by atoms with Crippen molar-refractivity contribution in [3.8, 4) is 11.1 Å². The summed E-state index contributed by atoms with van der Waals surface area (Å²) in [7, 11) is 2.85. The lowest BCUT2D eigenvalue weighted by atomic mass is 9.95. The maximum Gasteiger partial charge on any atom is 0.277 e. The highest BCUT2D eigenvalue weighted by molar-refractivity contribution is 6.36. The summed E-state index contributed by atoms with van der Waals surface area (Å²) < 4.78 is 14.4. The lowest BCUT2D eigenvalue weighted by Gasteiger charge is -2.18. The number of amides is 1. The molecule has 0 unspecified atom stereocenters. The first kappa shape index (κ1) is 16.4. The summed E-state index contributed by atoms with van der Waals surface area (Å²) in [6, 6.07) is 11.3. The summed E-state index contributed by atoms with van der Waals surface area (Å²) in [4.78, 5) is 22.0. The van der Waals surface area contributed by atoms with Gasteiger partial charge in [0.15, 0.2) is 0 Å². The Morgan fingerprint density at radius 1 is 1.25 bits per heavy atom. The highest BCUT2D eigenvalue weighted by Gasteiger charge is 2.23. The van der Waals surface area contributed by atoms with Gasteiger partial charge in [-0.2, -0.15) is 0 Å². The van der Waals surface area contributed by atoms with E-state index < -0.39 is 11.7 Å². The molecule has 0 saturated carbocycles. The van der Waals surface area contributed by atoms with Crippen molar-refractivity contribution < 1.29 is 14.0 Å². The summed E-state index contributed by atoms with van der Waals surface area (Å²) in [5.74, 6) is -0.883. The monoisotopic (exact) mass is 344 g/mol. The number of hydrogen-bond donors (Lipinski definition) is 0. The van der Waals surface area contributed by atoms with Crippen molar-refractivity contribution in [2.75, 3.05) is 14.2 Å². The van der Waals surface area contributed by atoms with Gasteiger partial charge < -0.3 is 0 Å². The lowest BCUT2D eigenvalue weighted by molar-refractivity contribution is -0.0756. The molecule has 1 aromatic heterocycles. The van der Waals surface area contributed by atoms with Crippen LogP contribution in [0, 0.1) is 5.82 Å². The van der Waals surface area contributed by atoms with Crippen molar-refractivity contribution in [2.45, 2.75) is 0 Å². The van der Waals surface area contributed by atoms with Crippen LogP contribution in [0.2, 0.25) is 5.02 Å². The third-order valence-corrected chi connectivity index (χ3v) is 4.09. The van der Waals surface area contributed by atoms with Gasteiger partial charge in [-0.15, -0.1) is 0 Å². The van der Waals surface area contributed by atoms with Crippen LogP contribution in [0.5, 0.6) is 0 Å². The number of pyridine rings is 1. The molecule has 1 heterocycles. The minimum atomic E-state index is -0.444. The number of benzene rings is 2. The van der Waals surface area contributed by atoms with E-state index in [9.17, 15) is 9.18 Å². The van der Waals surface area contributed by atoms with Gasteiger partial charge in [0, 0.05) is 29.8 Å². The number of hydroxylamine groups is 2. The van der Waals surface area contributed by atoms with E-state index in [0.717, 1.165) is 5.06 Å². The molecule has 1 amide bonds. The normalized spacial score (nSPS) is 10.8. The fraction of sp³-hybridized carbons (Fsp3) is 0.111. The molecular weight excluding hydrogens is 331 g/mol. The van der Waals surface area contributed by atoms with E-state index in [1.165, 1.54) is 26.3 Å². The van der Waals surface area contributed by atoms with Crippen molar-refractivity contribution in [1.82, 2.24) is 10.0 Å². The average Bonchev–Trinajstić information content (AvgIpc) is 2.61. The van der Waals surface area contributed by atoms with Gasteiger partial charge in [-0.3, -0.25) is 14.6 Å². The Morgan fingerprint density at radius 3 is 2.71 bits per heavy atom. The highest BCUT2D eigenvalue weighted by atomic mass is 35.5. The van der Waals surface area contributed by atoms with Crippen molar-refractivity contribution in [2.24, 2.45) is 0 Å². The fourth-order valence-electron chi connectivity index (χ4n) is 2.56. The zero-order valence-electron chi connectivity index (χ0n) is 13.1. The summed E-state index contributed by atoms with van der Waals surface area (Å²) >= 11 is 6.31. The molecule has 0 fully saturated rings. The second-order valence-electron chi connectivity index (χ2n) is 5.15. The zero-order chi connectivity index (χ0) is 17.3. The molecule has 0 aliphatic rings. The van der Waals surface area contributed by atoms with Crippen LogP contribution in [0.4, 0.5) is 4.39 Å². The Labute approximate surface area is 143 Å². The first-order valence-electron chi connectivity index (χ1n) is 7.19. The molecule has 0 N–H and O–H groups in total. The first-order valence-corrected chi connectivity index (χ1v) is 7.56. The molecular formula is C18H14ClFN2O2. The van der Waals surface area contributed by atoms with E-state index in [0.29, 0.717) is 21.5 Å². The van der Waals surface area contributed by atoms with Gasteiger partial charge in [0.05, 0.1) is 23.2 Å². The van der Waals surface area contributed by atoms with Crippen LogP contribution in [-0.4, -0.2) is 30.1 Å². The first-order chi connectivity index (χ1) is 11.5. The number of carbonyl (C=O) groups excluding carboxylic acids is 1. The molecule has 0 aliphatic heterocycles. The van der Waals surface area contributed by atoms with Crippen LogP contribution in [-0.2, 0) is 4.84 Å². The van der Waals surface area contributed by atoms with E-state index in [4.69, 9.17) is 16.4 Å². The van der Waals surface area contributed by atoms with Crippen molar-refractivity contribution in [3.05, 3.63) is 65.1 Å². The Balaban J connectivity index is 2.41. The molecule has 3 aromatic rings. The molecule has 0 atom stereocenters. The Hall–Kier alpha value is -2.50. The van der Waals surface area contributed by atoms with Crippen LogP contribution in [0.3, 0.4) is 0 Å². The number of fused-ring (bicyclic) bond motifs is 1. The predicted molar refractivity (Wildman–Crippen MR) is 91.2 cm³/mol. The molecule has 4 nitrogen and oxygen atoms in total. The van der Waals surface area contributed by atoms with Crippen molar-refractivity contribution in [1.29, 1.82) is 0 Å². The van der Waals surface area contributed by atoms with Gasteiger partial charge >= 0.3 is 0 Å². The second kappa shape index (κ2) is 6.55. The Kier molecular flexibility index (Phi) is 4.46. The van der Waals surface area contributed by atoms with Gasteiger partial charge in [-0.25, -0.2) is 9.45 Å². The average molecular weight is 345 g/mol. The number of hydrogen-bond acceptors (Lipinski definition) is 3. The predicted octanol–water partition coefficient (Wildman–Crippen LogP) is 4.33. The van der Waals surface area contributed by atoms with Gasteiger partial charge in [-0.1, -0.05) is 29.8 Å². The van der Waals surface area contributed by atoms with E-state index in [-0.39, 0.29) is 11.1 Å². The van der Waals surface area contributed by atoms with Gasteiger partial charge in [0.25, 0.3) is 5.91 Å². The Bertz CT molecular complexity index is 930. The number of rotatable bonds is 3. The molecule has 0 aliphatic carbocycles. The number of nitrogens with zero attached hydrogens (tertiary/aromatic N) is 2. The van der Waals surface area contributed by atoms with Crippen molar-refractivity contribution >= 4 is 28.4 Å². The molecule has 0 bridgehead atoms. The summed E-state index contributed by atoms with van der Waals surface area (Å²) in [5.41, 5.74) is 1.36. The fourth-order valence-corrected chi connectivity index (χ4v) is 2.82. The molecule has 6 heteroatoms. The van der Waals surface area contributed by atoms with Crippen LogP contribution in [0.25, 0.3) is 22.0 Å². The van der Waals surface area contributed by atoms with Crippen LogP contribution in [0.1, 0.15) is 10.4 Å². The second-order valence-corrected chi connectivity index (χ2v) is 5.55. The van der Waals surface area contributed by atoms with Crippen LogP contribution < -0.4 is 0 Å². The minimum Gasteiger partial charge on any atom is -0.274 e. The van der Waals surface area contributed by atoms with Gasteiger partial charge in [0.1, 0.15) is 5.82 Å². The molecule has 2 aromatic carbocycles. The smallest absolute Gasteiger partial charge is 0.274 e. The van der Waals surface area contributed by atoms with Crippen LogP contribution >= 0.6 is 11.6 Å². The van der Waals surface area contributed by atoms with Gasteiger partial charge in [-0.05, 0) is 24.3 Å². The SMILES string of the molecule is CON(C)C(=O)c1cc(Cl)c2cccnc2c1-c1ccccc1F. The molecule has 0 spiro atoms. The maximum absolute atomic E-state index is 14.4. The molecule has 0 radical (unpaired) electrons. The maximum atomic E-state index is 14.4. The molecule has 122 valence electrons. The number of halogens is 2.